The normalized spacial score (nSPS) is 18.0. The quantitative estimate of drug-likeness (QED) is 0.733. The summed E-state index contributed by atoms with van der Waals surface area (Å²) in [7, 11) is 0. The third-order valence-electron chi connectivity index (χ3n) is 6.19. The molecule has 3 heterocycles. The summed E-state index contributed by atoms with van der Waals surface area (Å²) in [6.45, 7) is 1.81. The number of amides is 1. The zero-order chi connectivity index (χ0) is 19.8. The van der Waals surface area contributed by atoms with Crippen molar-refractivity contribution in [1.29, 1.82) is 0 Å². The molecular weight excluding hydrogens is 370 g/mol. The molecule has 5 rings (SSSR count). The summed E-state index contributed by atoms with van der Waals surface area (Å²) < 4.78 is 6.44. The summed E-state index contributed by atoms with van der Waals surface area (Å²) in [5.74, 6) is 0.457. The van der Waals surface area contributed by atoms with Crippen LogP contribution in [0.25, 0.3) is 11.1 Å². The molecule has 1 spiro atoms. The second kappa shape index (κ2) is 7.02. The molecule has 0 radical (unpaired) electrons. The third kappa shape index (κ3) is 3.50. The van der Waals surface area contributed by atoms with E-state index in [-0.39, 0.29) is 18.0 Å². The molecule has 2 fully saturated rings. The molecule has 1 saturated heterocycles. The van der Waals surface area contributed by atoms with E-state index in [2.05, 4.69) is 20.3 Å². The number of oxazole rings is 1. The molecule has 1 aliphatic heterocycles. The Kier molecular flexibility index (Phi) is 4.34. The van der Waals surface area contributed by atoms with E-state index in [1.54, 1.807) is 24.3 Å². The maximum absolute atomic E-state index is 12.5. The van der Waals surface area contributed by atoms with Crippen molar-refractivity contribution in [3.63, 3.8) is 0 Å². The zero-order valence-corrected chi connectivity index (χ0v) is 16.1. The molecule has 0 unspecified atom stereocenters. The molecule has 8 nitrogen and oxygen atoms in total. The van der Waals surface area contributed by atoms with Crippen molar-refractivity contribution >= 4 is 28.5 Å². The fourth-order valence-electron chi connectivity index (χ4n) is 4.66. The van der Waals surface area contributed by atoms with Gasteiger partial charge in [0.05, 0.1) is 0 Å². The number of carbonyl (C=O) groups excluding carboxylic acids is 1. The first-order valence-electron chi connectivity index (χ1n) is 10.1. The summed E-state index contributed by atoms with van der Waals surface area (Å²) in [5, 5.41) is 7.27. The van der Waals surface area contributed by atoms with Crippen LogP contribution in [0.15, 0.2) is 45.9 Å². The number of carbonyl (C=O) groups is 1. The zero-order valence-electron chi connectivity index (χ0n) is 16.1. The molecule has 1 aliphatic carbocycles. The highest BCUT2D eigenvalue weighted by molar-refractivity contribution is 5.92. The lowest BCUT2D eigenvalue weighted by Crippen LogP contribution is -2.32. The van der Waals surface area contributed by atoms with Crippen LogP contribution >= 0.6 is 0 Å². The van der Waals surface area contributed by atoms with Crippen molar-refractivity contribution in [3.8, 4) is 0 Å². The van der Waals surface area contributed by atoms with Gasteiger partial charge in [-0.2, -0.15) is 5.10 Å². The predicted octanol–water partition coefficient (Wildman–Crippen LogP) is 2.79. The molecule has 0 bridgehead atoms. The molecule has 8 heteroatoms. The van der Waals surface area contributed by atoms with E-state index in [0.29, 0.717) is 22.2 Å². The van der Waals surface area contributed by atoms with Crippen molar-refractivity contribution in [3.05, 3.63) is 47.1 Å². The number of rotatable bonds is 4. The number of hydrogen-bond acceptors (Lipinski definition) is 6. The van der Waals surface area contributed by atoms with E-state index >= 15 is 0 Å². The average Bonchev–Trinajstić information content (AvgIpc) is 3.45. The van der Waals surface area contributed by atoms with Crippen molar-refractivity contribution in [1.82, 2.24) is 14.8 Å². The number of nitrogens with one attached hydrogen (secondary N) is 1. The first-order chi connectivity index (χ1) is 14.1. The van der Waals surface area contributed by atoms with Crippen LogP contribution in [-0.2, 0) is 11.3 Å². The monoisotopic (exact) mass is 393 g/mol. The summed E-state index contributed by atoms with van der Waals surface area (Å²) in [4.78, 5) is 31.0. The van der Waals surface area contributed by atoms with E-state index < -0.39 is 0 Å². The smallest absolute Gasteiger partial charge is 0.267 e. The molecule has 1 N–H and O–H groups in total. The van der Waals surface area contributed by atoms with Gasteiger partial charge in [-0.25, -0.2) is 9.67 Å². The van der Waals surface area contributed by atoms with E-state index in [1.807, 2.05) is 0 Å². The van der Waals surface area contributed by atoms with Gasteiger partial charge in [0.1, 0.15) is 17.9 Å². The van der Waals surface area contributed by atoms with E-state index in [4.69, 9.17) is 4.42 Å². The Morgan fingerprint density at radius 1 is 1.17 bits per heavy atom. The molecule has 2 aromatic heterocycles. The topological polar surface area (TPSA) is 93.3 Å². The van der Waals surface area contributed by atoms with Gasteiger partial charge in [-0.3, -0.25) is 9.59 Å². The molecule has 3 aromatic rings. The number of anilines is 2. The molecule has 1 aromatic carbocycles. The molecule has 1 amide bonds. The van der Waals surface area contributed by atoms with Crippen LogP contribution in [-0.4, -0.2) is 33.8 Å². The fraction of sp³-hybridized carbons (Fsp3) is 0.429. The van der Waals surface area contributed by atoms with Gasteiger partial charge in [0.15, 0.2) is 12.0 Å². The maximum atomic E-state index is 12.5. The first-order valence-corrected chi connectivity index (χ1v) is 10.1. The Morgan fingerprint density at radius 2 is 2.03 bits per heavy atom. The van der Waals surface area contributed by atoms with Crippen LogP contribution in [0, 0.1) is 5.41 Å². The average molecular weight is 393 g/mol. The summed E-state index contributed by atoms with van der Waals surface area (Å²) >= 11 is 0. The summed E-state index contributed by atoms with van der Waals surface area (Å²) in [6, 6.07) is 8.48. The fourth-order valence-corrected chi connectivity index (χ4v) is 4.66. The molecule has 0 atom stereocenters. The van der Waals surface area contributed by atoms with Crippen molar-refractivity contribution in [2.45, 2.75) is 38.6 Å². The minimum Gasteiger partial charge on any atom is -0.443 e. The largest absolute Gasteiger partial charge is 0.443 e. The van der Waals surface area contributed by atoms with Crippen molar-refractivity contribution in [2.75, 3.05) is 23.3 Å². The Labute approximate surface area is 167 Å². The number of benzene rings is 1. The summed E-state index contributed by atoms with van der Waals surface area (Å²) in [5.41, 5.74) is 2.04. The Bertz CT molecular complexity index is 1110. The van der Waals surface area contributed by atoms with Crippen LogP contribution in [0.3, 0.4) is 0 Å². The van der Waals surface area contributed by atoms with Gasteiger partial charge in [0.2, 0.25) is 5.91 Å². The van der Waals surface area contributed by atoms with E-state index in [1.165, 1.54) is 49.2 Å². The van der Waals surface area contributed by atoms with E-state index in [0.717, 1.165) is 18.9 Å². The lowest BCUT2D eigenvalue weighted by molar-refractivity contribution is -0.117. The Morgan fingerprint density at radius 3 is 2.90 bits per heavy atom. The van der Waals surface area contributed by atoms with Gasteiger partial charge in [-0.15, -0.1) is 0 Å². The van der Waals surface area contributed by atoms with E-state index in [9.17, 15) is 9.59 Å². The van der Waals surface area contributed by atoms with Gasteiger partial charge < -0.3 is 14.6 Å². The number of aromatic nitrogens is 3. The van der Waals surface area contributed by atoms with Crippen LogP contribution in [0.4, 0.5) is 11.5 Å². The van der Waals surface area contributed by atoms with Crippen molar-refractivity contribution < 1.29 is 9.21 Å². The highest BCUT2D eigenvalue weighted by Gasteiger charge is 2.40. The maximum Gasteiger partial charge on any atom is 0.267 e. The third-order valence-corrected chi connectivity index (χ3v) is 6.19. The van der Waals surface area contributed by atoms with Crippen LogP contribution in [0.2, 0.25) is 0 Å². The second-order valence-corrected chi connectivity index (χ2v) is 8.15. The minimum absolute atomic E-state index is 0.136. The Hall–Kier alpha value is -3.16. The molecule has 29 heavy (non-hydrogen) atoms. The standard InChI is InChI=1S/C21H23N5O3/c27-19(23-15-3-4-17-16(11-15)22-14-29-17)12-26-20(28)6-5-18(24-26)25-10-9-21(13-25)7-1-2-8-21/h3-6,11,14H,1-2,7-10,12-13H2,(H,23,27). The minimum atomic E-state index is -0.312. The molecular formula is C21H23N5O3. The lowest BCUT2D eigenvalue weighted by Gasteiger charge is -2.24. The highest BCUT2D eigenvalue weighted by Crippen LogP contribution is 2.45. The second-order valence-electron chi connectivity index (χ2n) is 8.15. The van der Waals surface area contributed by atoms with Gasteiger partial charge >= 0.3 is 0 Å². The van der Waals surface area contributed by atoms with Gasteiger partial charge in [-0.05, 0) is 48.9 Å². The van der Waals surface area contributed by atoms with Gasteiger partial charge in [0.25, 0.3) is 5.56 Å². The highest BCUT2D eigenvalue weighted by atomic mass is 16.3. The van der Waals surface area contributed by atoms with Crippen LogP contribution in [0.1, 0.15) is 32.1 Å². The van der Waals surface area contributed by atoms with Crippen LogP contribution in [0.5, 0.6) is 0 Å². The van der Waals surface area contributed by atoms with Gasteiger partial charge in [0, 0.05) is 24.8 Å². The SMILES string of the molecule is O=C(Cn1nc(N2CCC3(CCCC3)C2)ccc1=O)Nc1ccc2ocnc2c1. The van der Waals surface area contributed by atoms with Crippen LogP contribution < -0.4 is 15.8 Å². The summed E-state index contributed by atoms with van der Waals surface area (Å²) in [6.07, 6.45) is 7.71. The molecule has 1 saturated carbocycles. The van der Waals surface area contributed by atoms with Crippen molar-refractivity contribution in [2.24, 2.45) is 5.41 Å². The predicted molar refractivity (Wildman–Crippen MR) is 109 cm³/mol. The number of hydrogen-bond donors (Lipinski definition) is 1. The number of fused-ring (bicyclic) bond motifs is 1. The number of nitrogens with zero attached hydrogens (tertiary/aromatic N) is 4. The lowest BCUT2D eigenvalue weighted by atomic mass is 9.86. The van der Waals surface area contributed by atoms with Gasteiger partial charge in [-0.1, -0.05) is 12.8 Å². The molecule has 2 aliphatic rings. The first kappa shape index (κ1) is 17.9. The molecule has 150 valence electrons. The Balaban J connectivity index is 1.29.